The number of hydrogen-bond acceptors (Lipinski definition) is 5. The van der Waals surface area contributed by atoms with Crippen molar-refractivity contribution < 1.29 is 23.1 Å². The summed E-state index contributed by atoms with van der Waals surface area (Å²) < 4.78 is 40.9. The number of likely N-dealkylation sites (tertiary alicyclic amines) is 1. The van der Waals surface area contributed by atoms with E-state index < -0.39 is 29.9 Å². The molecule has 0 unspecified atom stereocenters. The van der Waals surface area contributed by atoms with Crippen LogP contribution in [0.1, 0.15) is 60.8 Å². The number of alkyl halides is 2. The van der Waals surface area contributed by atoms with Crippen LogP contribution >= 0.6 is 0 Å². The smallest absolute Gasteiger partial charge is 0.407 e. The number of rotatable bonds is 5. The molecule has 3 aromatic rings. The summed E-state index contributed by atoms with van der Waals surface area (Å²) in [5.41, 5.74) is 0.767. The van der Waals surface area contributed by atoms with Gasteiger partial charge in [-0.3, -0.25) is 4.98 Å². The summed E-state index contributed by atoms with van der Waals surface area (Å²) in [6.07, 6.45) is -0.701. The Hall–Kier alpha value is -3.43. The van der Waals surface area contributed by atoms with E-state index >= 15 is 0 Å². The lowest BCUT2D eigenvalue weighted by Crippen LogP contribution is -2.38. The number of fused-ring (bicyclic) bond motifs is 1. The highest BCUT2D eigenvalue weighted by atomic mass is 19.3. The summed E-state index contributed by atoms with van der Waals surface area (Å²) in [4.78, 5) is 26.1. The number of pyridine rings is 1. The zero-order chi connectivity index (χ0) is 23.7. The molecule has 0 bridgehead atoms. The number of aryl methyl sites for hydroxylation is 1. The summed E-state index contributed by atoms with van der Waals surface area (Å²) in [5, 5.41) is 13.1. The van der Waals surface area contributed by atoms with Crippen LogP contribution in [0, 0.1) is 12.7 Å². The van der Waals surface area contributed by atoms with E-state index in [-0.39, 0.29) is 11.5 Å². The monoisotopic (exact) mass is 459 g/mol. The molecule has 0 aliphatic carbocycles. The van der Waals surface area contributed by atoms with Crippen LogP contribution < -0.4 is 5.32 Å². The maximum atomic E-state index is 14.7. The molecular weight excluding hydrogens is 435 g/mol. The first-order valence-electron chi connectivity index (χ1n) is 10.7. The van der Waals surface area contributed by atoms with Crippen LogP contribution in [0.2, 0.25) is 0 Å². The van der Waals surface area contributed by atoms with Gasteiger partial charge in [0.1, 0.15) is 17.5 Å². The minimum Gasteiger partial charge on any atom is -0.465 e. The molecule has 1 aliphatic heterocycles. The highest BCUT2D eigenvalue weighted by molar-refractivity contribution is 5.89. The number of carboxylic acid groups (broad SMARTS) is 1. The fraction of sp³-hybridized carbons (Fsp3) is 0.391. The Morgan fingerprint density at radius 2 is 2.03 bits per heavy atom. The van der Waals surface area contributed by atoms with Gasteiger partial charge in [-0.05, 0) is 32.8 Å². The van der Waals surface area contributed by atoms with E-state index in [1.165, 1.54) is 17.0 Å². The summed E-state index contributed by atoms with van der Waals surface area (Å²) in [6.45, 7) is 4.23. The normalized spacial score (nSPS) is 17.4. The summed E-state index contributed by atoms with van der Waals surface area (Å²) in [6, 6.07) is 5.12. The molecule has 4 rings (SSSR count). The lowest BCUT2D eigenvalue weighted by molar-refractivity contribution is 0.130. The van der Waals surface area contributed by atoms with E-state index in [9.17, 15) is 23.1 Å². The predicted molar refractivity (Wildman–Crippen MR) is 117 cm³/mol. The predicted octanol–water partition coefficient (Wildman–Crippen LogP) is 5.44. The first kappa shape index (κ1) is 22.8. The van der Waals surface area contributed by atoms with Gasteiger partial charge >= 0.3 is 6.09 Å². The van der Waals surface area contributed by atoms with Gasteiger partial charge in [0.05, 0.1) is 23.3 Å². The Kier molecular flexibility index (Phi) is 6.35. The quantitative estimate of drug-likeness (QED) is 0.528. The summed E-state index contributed by atoms with van der Waals surface area (Å²) in [7, 11) is 0. The van der Waals surface area contributed by atoms with Crippen molar-refractivity contribution in [3.05, 3.63) is 58.9 Å². The molecular formula is C23H24F3N5O2. The summed E-state index contributed by atoms with van der Waals surface area (Å²) in [5.74, 6) is -0.100. The van der Waals surface area contributed by atoms with Crippen molar-refractivity contribution in [3.8, 4) is 0 Å². The molecule has 10 heteroatoms. The molecule has 7 nitrogen and oxygen atoms in total. The molecule has 0 spiro atoms. The molecule has 0 saturated carbocycles. The van der Waals surface area contributed by atoms with E-state index in [0.717, 1.165) is 24.6 Å². The second-order valence-electron chi connectivity index (χ2n) is 8.23. The molecule has 1 fully saturated rings. The third-order valence-electron chi connectivity index (χ3n) is 5.94. The van der Waals surface area contributed by atoms with Crippen molar-refractivity contribution in [2.75, 3.05) is 18.4 Å². The number of halogens is 3. The van der Waals surface area contributed by atoms with Crippen molar-refractivity contribution in [1.82, 2.24) is 19.9 Å². The fourth-order valence-corrected chi connectivity index (χ4v) is 4.24. The van der Waals surface area contributed by atoms with Gasteiger partial charge in [-0.25, -0.2) is 27.9 Å². The van der Waals surface area contributed by atoms with Crippen LogP contribution in [0.5, 0.6) is 0 Å². The van der Waals surface area contributed by atoms with Crippen LogP contribution in [-0.2, 0) is 0 Å². The lowest BCUT2D eigenvalue weighted by Gasteiger charge is -2.30. The number of nitrogens with zero attached hydrogens (tertiary/aromatic N) is 4. The van der Waals surface area contributed by atoms with Crippen LogP contribution in [0.15, 0.2) is 30.5 Å². The van der Waals surface area contributed by atoms with E-state index in [0.29, 0.717) is 35.6 Å². The van der Waals surface area contributed by atoms with Crippen molar-refractivity contribution >= 4 is 22.8 Å². The Balaban J connectivity index is 1.68. The minimum atomic E-state index is -2.91. The van der Waals surface area contributed by atoms with E-state index in [1.807, 2.05) is 6.07 Å². The highest BCUT2D eigenvalue weighted by Crippen LogP contribution is 2.32. The van der Waals surface area contributed by atoms with E-state index in [4.69, 9.17) is 0 Å². The van der Waals surface area contributed by atoms with Crippen molar-refractivity contribution in [2.45, 2.75) is 45.1 Å². The Morgan fingerprint density at radius 1 is 1.27 bits per heavy atom. The maximum absolute atomic E-state index is 14.7. The fourth-order valence-electron chi connectivity index (χ4n) is 4.24. The average Bonchev–Trinajstić information content (AvgIpc) is 2.78. The molecule has 2 N–H and O–H groups in total. The van der Waals surface area contributed by atoms with Crippen molar-refractivity contribution in [1.29, 1.82) is 0 Å². The zero-order valence-corrected chi connectivity index (χ0v) is 18.2. The third kappa shape index (κ3) is 4.69. The molecule has 0 radical (unpaired) electrons. The van der Waals surface area contributed by atoms with Crippen molar-refractivity contribution in [3.63, 3.8) is 0 Å². The minimum absolute atomic E-state index is 0.0639. The number of piperidine rings is 1. The molecule has 174 valence electrons. The second-order valence-corrected chi connectivity index (χ2v) is 8.23. The maximum Gasteiger partial charge on any atom is 0.407 e. The molecule has 1 aliphatic rings. The largest absolute Gasteiger partial charge is 0.465 e. The number of carbonyl (C=O) groups is 1. The van der Waals surface area contributed by atoms with Gasteiger partial charge in [-0.15, -0.1) is 0 Å². The van der Waals surface area contributed by atoms with E-state index in [2.05, 4.69) is 20.3 Å². The van der Waals surface area contributed by atoms with Crippen LogP contribution in [-0.4, -0.2) is 44.1 Å². The van der Waals surface area contributed by atoms with Gasteiger partial charge in [0.2, 0.25) is 0 Å². The standard InChI is InChI=1S/C23H24F3N5O2/c1-12(15-6-3-7-16(20(15)24)21(25)26)28-22-17-9-18(27-10-19(17)29-13(2)30-22)14-5-4-8-31(11-14)23(32)33/h3,6-7,9-10,12,14,21H,4-5,8,11H2,1-2H3,(H,32,33)(H,28,29,30)/t12-,14+/m1/s1. The number of benzene rings is 1. The Bertz CT molecular complexity index is 1190. The molecule has 33 heavy (non-hydrogen) atoms. The highest BCUT2D eigenvalue weighted by Gasteiger charge is 2.26. The number of hydrogen-bond donors (Lipinski definition) is 2. The summed E-state index contributed by atoms with van der Waals surface area (Å²) >= 11 is 0. The van der Waals surface area contributed by atoms with Crippen LogP contribution in [0.3, 0.4) is 0 Å². The van der Waals surface area contributed by atoms with Crippen molar-refractivity contribution in [2.24, 2.45) is 0 Å². The van der Waals surface area contributed by atoms with E-state index in [1.54, 1.807) is 20.0 Å². The number of aromatic nitrogens is 3. The molecule has 2 atom stereocenters. The van der Waals surface area contributed by atoms with Gasteiger partial charge in [-0.1, -0.05) is 18.2 Å². The van der Waals surface area contributed by atoms with Gasteiger partial charge in [0.15, 0.2) is 0 Å². The Labute approximate surface area is 188 Å². The molecule has 2 aromatic heterocycles. The zero-order valence-electron chi connectivity index (χ0n) is 18.2. The first-order valence-corrected chi connectivity index (χ1v) is 10.7. The molecule has 1 aromatic carbocycles. The molecule has 3 heterocycles. The van der Waals surface area contributed by atoms with Gasteiger partial charge in [0.25, 0.3) is 6.43 Å². The van der Waals surface area contributed by atoms with Crippen LogP contribution in [0.25, 0.3) is 10.9 Å². The van der Waals surface area contributed by atoms with Gasteiger partial charge in [-0.2, -0.15) is 0 Å². The Morgan fingerprint density at radius 3 is 2.76 bits per heavy atom. The number of nitrogens with one attached hydrogen (secondary N) is 1. The number of anilines is 1. The third-order valence-corrected chi connectivity index (χ3v) is 5.94. The molecule has 1 amide bonds. The van der Waals surface area contributed by atoms with Gasteiger partial charge in [0, 0.05) is 35.7 Å². The number of amides is 1. The topological polar surface area (TPSA) is 91.2 Å². The first-order chi connectivity index (χ1) is 15.7. The lowest BCUT2D eigenvalue weighted by atomic mass is 9.94. The SMILES string of the molecule is Cc1nc(N[C@H](C)c2cccc(C(F)F)c2F)c2cc([C@H]3CCCN(C(=O)O)C3)ncc2n1. The van der Waals surface area contributed by atoms with Gasteiger partial charge < -0.3 is 15.3 Å². The van der Waals surface area contributed by atoms with Crippen LogP contribution in [0.4, 0.5) is 23.8 Å². The average molecular weight is 459 g/mol. The molecule has 1 saturated heterocycles. The second kappa shape index (κ2) is 9.21.